The summed E-state index contributed by atoms with van der Waals surface area (Å²) in [5.41, 5.74) is 0.369. The molecular formula is C15H16O6. The van der Waals surface area contributed by atoms with Crippen molar-refractivity contribution < 1.29 is 24.2 Å². The molecule has 0 saturated heterocycles. The third kappa shape index (κ3) is 3.34. The highest BCUT2D eigenvalue weighted by atomic mass is 16.5. The number of fused-ring (bicyclic) bond motifs is 1. The molecule has 6 nitrogen and oxygen atoms in total. The normalized spacial score (nSPS) is 10.7. The van der Waals surface area contributed by atoms with E-state index in [1.165, 1.54) is 0 Å². The Morgan fingerprint density at radius 2 is 2.14 bits per heavy atom. The zero-order valence-corrected chi connectivity index (χ0v) is 11.6. The SMILES string of the molecule is CCOc1c(O)c2ccc(CCCC(=O)O)cc2oc1=O. The fourth-order valence-electron chi connectivity index (χ4n) is 2.08. The van der Waals surface area contributed by atoms with E-state index in [0.717, 1.165) is 5.56 Å². The largest absolute Gasteiger partial charge is 0.504 e. The lowest BCUT2D eigenvalue weighted by molar-refractivity contribution is -0.137. The Kier molecular flexibility index (Phi) is 4.47. The second-order valence-electron chi connectivity index (χ2n) is 4.58. The molecule has 1 aromatic carbocycles. The molecule has 1 heterocycles. The van der Waals surface area contributed by atoms with Crippen molar-refractivity contribution in [3.8, 4) is 11.5 Å². The number of hydrogen-bond donors (Lipinski definition) is 2. The maximum atomic E-state index is 11.7. The molecule has 2 N–H and O–H groups in total. The molecule has 1 aromatic heterocycles. The monoisotopic (exact) mass is 292 g/mol. The molecule has 0 bridgehead atoms. The highest BCUT2D eigenvalue weighted by Crippen LogP contribution is 2.31. The Labute approximate surface area is 120 Å². The van der Waals surface area contributed by atoms with Crippen LogP contribution in [-0.2, 0) is 11.2 Å². The van der Waals surface area contributed by atoms with E-state index in [1.807, 2.05) is 0 Å². The van der Waals surface area contributed by atoms with Gasteiger partial charge in [-0.2, -0.15) is 0 Å². The number of ether oxygens (including phenoxy) is 1. The lowest BCUT2D eigenvalue weighted by atomic mass is 10.1. The molecule has 0 aliphatic rings. The first kappa shape index (κ1) is 14.9. The second kappa shape index (κ2) is 6.30. The highest BCUT2D eigenvalue weighted by Gasteiger charge is 2.15. The summed E-state index contributed by atoms with van der Waals surface area (Å²) in [6.45, 7) is 1.95. The summed E-state index contributed by atoms with van der Waals surface area (Å²) in [5, 5.41) is 19.0. The molecule has 0 saturated carbocycles. The van der Waals surface area contributed by atoms with Crippen molar-refractivity contribution in [2.45, 2.75) is 26.2 Å². The van der Waals surface area contributed by atoms with Gasteiger partial charge in [-0.1, -0.05) is 6.07 Å². The lowest BCUT2D eigenvalue weighted by Crippen LogP contribution is -2.07. The van der Waals surface area contributed by atoms with E-state index < -0.39 is 11.6 Å². The Morgan fingerprint density at radius 3 is 2.81 bits per heavy atom. The van der Waals surface area contributed by atoms with E-state index in [-0.39, 0.29) is 30.1 Å². The Balaban J connectivity index is 2.34. The molecule has 21 heavy (non-hydrogen) atoms. The van der Waals surface area contributed by atoms with Crippen molar-refractivity contribution in [1.29, 1.82) is 0 Å². The predicted molar refractivity (Wildman–Crippen MR) is 75.9 cm³/mol. The molecule has 6 heteroatoms. The molecule has 0 fully saturated rings. The third-order valence-corrected chi connectivity index (χ3v) is 3.05. The van der Waals surface area contributed by atoms with Gasteiger partial charge >= 0.3 is 11.6 Å². The Hall–Kier alpha value is -2.50. The van der Waals surface area contributed by atoms with Gasteiger partial charge in [0.1, 0.15) is 5.58 Å². The van der Waals surface area contributed by atoms with Gasteiger partial charge in [0.05, 0.1) is 12.0 Å². The van der Waals surface area contributed by atoms with Crippen LogP contribution in [0.4, 0.5) is 0 Å². The maximum Gasteiger partial charge on any atom is 0.383 e. The molecule has 0 spiro atoms. The fourth-order valence-corrected chi connectivity index (χ4v) is 2.08. The van der Waals surface area contributed by atoms with Gasteiger partial charge in [0.2, 0.25) is 5.75 Å². The number of carboxylic acids is 1. The van der Waals surface area contributed by atoms with Crippen LogP contribution in [0.2, 0.25) is 0 Å². The molecule has 2 rings (SSSR count). The van der Waals surface area contributed by atoms with E-state index in [4.69, 9.17) is 14.3 Å². The van der Waals surface area contributed by atoms with Crippen molar-refractivity contribution in [3.63, 3.8) is 0 Å². The number of aromatic hydroxyl groups is 1. The minimum absolute atomic E-state index is 0.0799. The molecule has 0 aliphatic heterocycles. The zero-order valence-electron chi connectivity index (χ0n) is 11.6. The minimum Gasteiger partial charge on any atom is -0.504 e. The van der Waals surface area contributed by atoms with Crippen LogP contribution in [0.5, 0.6) is 11.5 Å². The van der Waals surface area contributed by atoms with Crippen molar-refractivity contribution in [1.82, 2.24) is 0 Å². The summed E-state index contributed by atoms with van der Waals surface area (Å²) < 4.78 is 10.2. The van der Waals surface area contributed by atoms with E-state index in [2.05, 4.69) is 0 Å². The number of carbonyl (C=O) groups is 1. The highest BCUT2D eigenvalue weighted by molar-refractivity contribution is 5.85. The van der Waals surface area contributed by atoms with Crippen molar-refractivity contribution >= 4 is 16.9 Å². The van der Waals surface area contributed by atoms with Gasteiger partial charge in [-0.3, -0.25) is 4.79 Å². The number of hydrogen-bond acceptors (Lipinski definition) is 5. The third-order valence-electron chi connectivity index (χ3n) is 3.05. The molecule has 2 aromatic rings. The summed E-state index contributed by atoms with van der Waals surface area (Å²) in [6, 6.07) is 5.03. The van der Waals surface area contributed by atoms with E-state index in [0.29, 0.717) is 18.2 Å². The van der Waals surface area contributed by atoms with Crippen molar-refractivity contribution in [2.75, 3.05) is 6.61 Å². The summed E-state index contributed by atoms with van der Waals surface area (Å²) in [7, 11) is 0. The van der Waals surface area contributed by atoms with Gasteiger partial charge in [0.15, 0.2) is 5.75 Å². The van der Waals surface area contributed by atoms with E-state index in [9.17, 15) is 14.7 Å². The molecular weight excluding hydrogens is 276 g/mol. The van der Waals surface area contributed by atoms with Gasteiger partial charge in [-0.25, -0.2) is 4.79 Å². The smallest absolute Gasteiger partial charge is 0.383 e. The molecule has 0 atom stereocenters. The van der Waals surface area contributed by atoms with Crippen molar-refractivity contribution in [3.05, 3.63) is 34.2 Å². The summed E-state index contributed by atoms with van der Waals surface area (Å²) in [5.74, 6) is -1.27. The zero-order chi connectivity index (χ0) is 15.4. The van der Waals surface area contributed by atoms with E-state index in [1.54, 1.807) is 25.1 Å². The van der Waals surface area contributed by atoms with Crippen LogP contribution in [0.25, 0.3) is 11.0 Å². The Bertz CT molecular complexity index is 716. The van der Waals surface area contributed by atoms with E-state index >= 15 is 0 Å². The van der Waals surface area contributed by atoms with Crippen LogP contribution < -0.4 is 10.4 Å². The number of carboxylic acid groups (broad SMARTS) is 1. The second-order valence-corrected chi connectivity index (χ2v) is 4.58. The van der Waals surface area contributed by atoms with Crippen molar-refractivity contribution in [2.24, 2.45) is 0 Å². The van der Waals surface area contributed by atoms with Crippen LogP contribution >= 0.6 is 0 Å². The molecule has 0 aliphatic carbocycles. The molecule has 0 unspecified atom stereocenters. The number of aryl methyl sites for hydroxylation is 1. The molecule has 0 radical (unpaired) electrons. The van der Waals surface area contributed by atoms with Gasteiger partial charge in [-0.15, -0.1) is 0 Å². The minimum atomic E-state index is -0.846. The van der Waals surface area contributed by atoms with Crippen LogP contribution in [0, 0.1) is 0 Å². The first-order valence-electron chi connectivity index (χ1n) is 6.66. The number of rotatable bonds is 6. The maximum absolute atomic E-state index is 11.7. The summed E-state index contributed by atoms with van der Waals surface area (Å²) in [4.78, 5) is 22.2. The molecule has 0 amide bonds. The standard InChI is InChI=1S/C15H16O6/c1-2-20-14-13(18)10-7-6-9(4-3-5-12(16)17)8-11(10)21-15(14)19/h6-8,18H,2-5H2,1H3,(H,16,17). The van der Waals surface area contributed by atoms with Crippen LogP contribution in [0.15, 0.2) is 27.4 Å². The Morgan fingerprint density at radius 1 is 1.38 bits per heavy atom. The van der Waals surface area contributed by atoms with Crippen LogP contribution in [0.3, 0.4) is 0 Å². The number of aliphatic carboxylic acids is 1. The van der Waals surface area contributed by atoms with Crippen LogP contribution in [-0.4, -0.2) is 22.8 Å². The topological polar surface area (TPSA) is 97.0 Å². The summed E-state index contributed by atoms with van der Waals surface area (Å²) in [6.07, 6.45) is 1.13. The average Bonchev–Trinajstić information content (AvgIpc) is 2.43. The van der Waals surface area contributed by atoms with Gasteiger partial charge in [0, 0.05) is 6.42 Å². The number of benzene rings is 1. The van der Waals surface area contributed by atoms with Crippen LogP contribution in [0.1, 0.15) is 25.3 Å². The first-order chi connectivity index (χ1) is 10.0. The predicted octanol–water partition coefficient (Wildman–Crippen LogP) is 2.30. The fraction of sp³-hybridized carbons (Fsp3) is 0.333. The van der Waals surface area contributed by atoms with Gasteiger partial charge in [-0.05, 0) is 37.5 Å². The molecule has 112 valence electrons. The first-order valence-corrected chi connectivity index (χ1v) is 6.66. The van der Waals surface area contributed by atoms with Gasteiger partial charge in [0.25, 0.3) is 0 Å². The quantitative estimate of drug-likeness (QED) is 0.793. The average molecular weight is 292 g/mol. The van der Waals surface area contributed by atoms with Gasteiger partial charge < -0.3 is 19.4 Å². The summed E-state index contributed by atoms with van der Waals surface area (Å²) >= 11 is 0. The lowest BCUT2D eigenvalue weighted by Gasteiger charge is -2.07.